The van der Waals surface area contributed by atoms with E-state index in [4.69, 9.17) is 5.21 Å². The molecule has 4 aromatic carbocycles. The van der Waals surface area contributed by atoms with Crippen LogP contribution in [0.4, 0.5) is 0 Å². The van der Waals surface area contributed by atoms with Crippen molar-refractivity contribution in [3.63, 3.8) is 0 Å². The Labute approximate surface area is 221 Å². The SMILES string of the molecule is O=C(C[C@@H](Cc1ccc2ccccc2c1)C(=O)N[C@@H](Cc1ccccc1)C(=O)NCc1ccccc1)NO. The zero-order valence-corrected chi connectivity index (χ0v) is 21.0. The molecule has 4 rings (SSSR count). The van der Waals surface area contributed by atoms with Crippen LogP contribution in [-0.2, 0) is 33.8 Å². The summed E-state index contributed by atoms with van der Waals surface area (Å²) in [6, 6.07) is 31.9. The van der Waals surface area contributed by atoms with Crippen molar-refractivity contribution in [2.45, 2.75) is 31.8 Å². The van der Waals surface area contributed by atoms with E-state index >= 15 is 0 Å². The Bertz CT molecular complexity index is 1380. The molecule has 0 aliphatic rings. The number of amides is 3. The number of hydroxylamine groups is 1. The predicted molar refractivity (Wildman–Crippen MR) is 146 cm³/mol. The lowest BCUT2D eigenvalue weighted by molar-refractivity contribution is -0.136. The van der Waals surface area contributed by atoms with Crippen LogP contribution in [0, 0.1) is 5.92 Å². The van der Waals surface area contributed by atoms with Gasteiger partial charge in [-0.1, -0.05) is 103 Å². The summed E-state index contributed by atoms with van der Waals surface area (Å²) in [7, 11) is 0. The van der Waals surface area contributed by atoms with Crippen LogP contribution in [0.3, 0.4) is 0 Å². The van der Waals surface area contributed by atoms with Crippen molar-refractivity contribution in [3.8, 4) is 0 Å². The average Bonchev–Trinajstić information content (AvgIpc) is 2.96. The summed E-state index contributed by atoms with van der Waals surface area (Å²) in [6.07, 6.45) is 0.342. The Balaban J connectivity index is 1.52. The first kappa shape index (κ1) is 26.6. The zero-order chi connectivity index (χ0) is 26.7. The minimum atomic E-state index is -0.843. The highest BCUT2D eigenvalue weighted by Crippen LogP contribution is 2.20. The smallest absolute Gasteiger partial charge is 0.244 e. The maximum Gasteiger partial charge on any atom is 0.244 e. The van der Waals surface area contributed by atoms with Gasteiger partial charge in [0.1, 0.15) is 6.04 Å². The van der Waals surface area contributed by atoms with E-state index in [0.29, 0.717) is 13.0 Å². The van der Waals surface area contributed by atoms with Gasteiger partial charge < -0.3 is 10.6 Å². The molecule has 0 saturated heterocycles. The Kier molecular flexibility index (Phi) is 9.21. The lowest BCUT2D eigenvalue weighted by atomic mass is 9.93. The molecule has 4 aromatic rings. The van der Waals surface area contributed by atoms with E-state index in [1.807, 2.05) is 103 Å². The Morgan fingerprint density at radius 1 is 0.658 bits per heavy atom. The number of benzene rings is 4. The Hall–Kier alpha value is -4.49. The molecule has 0 bridgehead atoms. The van der Waals surface area contributed by atoms with Gasteiger partial charge in [-0.05, 0) is 33.9 Å². The third-order valence-corrected chi connectivity index (χ3v) is 6.45. The largest absolute Gasteiger partial charge is 0.350 e. The van der Waals surface area contributed by atoms with Crippen LogP contribution in [0.15, 0.2) is 103 Å². The minimum absolute atomic E-state index is 0.223. The summed E-state index contributed by atoms with van der Waals surface area (Å²) >= 11 is 0. The summed E-state index contributed by atoms with van der Waals surface area (Å²) in [4.78, 5) is 38.8. The summed E-state index contributed by atoms with van der Waals surface area (Å²) in [5.41, 5.74) is 4.34. The highest BCUT2D eigenvalue weighted by Gasteiger charge is 2.28. The second-order valence-corrected chi connectivity index (χ2v) is 9.28. The third-order valence-electron chi connectivity index (χ3n) is 6.45. The Morgan fingerprint density at radius 3 is 1.97 bits per heavy atom. The van der Waals surface area contributed by atoms with Gasteiger partial charge in [0.05, 0.1) is 5.92 Å². The highest BCUT2D eigenvalue weighted by atomic mass is 16.5. The molecule has 0 unspecified atom stereocenters. The molecule has 7 heteroatoms. The van der Waals surface area contributed by atoms with E-state index in [9.17, 15) is 14.4 Å². The molecular formula is C31H31N3O4. The molecule has 38 heavy (non-hydrogen) atoms. The van der Waals surface area contributed by atoms with Gasteiger partial charge in [-0.25, -0.2) is 5.48 Å². The van der Waals surface area contributed by atoms with Gasteiger partial charge in [0.2, 0.25) is 17.7 Å². The fourth-order valence-electron chi connectivity index (χ4n) is 4.43. The van der Waals surface area contributed by atoms with Crippen molar-refractivity contribution in [3.05, 3.63) is 120 Å². The van der Waals surface area contributed by atoms with Crippen LogP contribution in [0.25, 0.3) is 10.8 Å². The van der Waals surface area contributed by atoms with Crippen LogP contribution in [-0.4, -0.2) is 29.0 Å². The number of carbonyl (C=O) groups excluding carboxylic acids is 3. The zero-order valence-electron chi connectivity index (χ0n) is 21.0. The van der Waals surface area contributed by atoms with Crippen molar-refractivity contribution >= 4 is 28.5 Å². The summed E-state index contributed by atoms with van der Waals surface area (Å²) in [5.74, 6) is -2.21. The predicted octanol–water partition coefficient (Wildman–Crippen LogP) is 3.94. The van der Waals surface area contributed by atoms with Gasteiger partial charge in [-0.3, -0.25) is 19.6 Å². The molecule has 0 heterocycles. The van der Waals surface area contributed by atoms with Crippen molar-refractivity contribution < 1.29 is 19.6 Å². The first-order valence-corrected chi connectivity index (χ1v) is 12.6. The maximum absolute atomic E-state index is 13.5. The van der Waals surface area contributed by atoms with E-state index in [2.05, 4.69) is 10.6 Å². The molecule has 7 nitrogen and oxygen atoms in total. The number of hydrogen-bond donors (Lipinski definition) is 4. The van der Waals surface area contributed by atoms with Gasteiger partial charge in [0, 0.05) is 19.4 Å². The van der Waals surface area contributed by atoms with Crippen molar-refractivity contribution in [2.75, 3.05) is 0 Å². The highest BCUT2D eigenvalue weighted by molar-refractivity contribution is 5.91. The van der Waals surface area contributed by atoms with Gasteiger partial charge in [0.15, 0.2) is 0 Å². The Morgan fingerprint density at radius 2 is 1.29 bits per heavy atom. The summed E-state index contributed by atoms with van der Waals surface area (Å²) in [5, 5.41) is 17.0. The number of fused-ring (bicyclic) bond motifs is 1. The molecule has 0 aliphatic heterocycles. The van der Waals surface area contributed by atoms with E-state index < -0.39 is 23.8 Å². The van der Waals surface area contributed by atoms with E-state index in [0.717, 1.165) is 27.5 Å². The molecule has 4 N–H and O–H groups in total. The fraction of sp³-hybridized carbons (Fsp3) is 0.194. The lowest BCUT2D eigenvalue weighted by Gasteiger charge is -2.23. The molecule has 0 aromatic heterocycles. The second-order valence-electron chi connectivity index (χ2n) is 9.28. The maximum atomic E-state index is 13.5. The van der Waals surface area contributed by atoms with Crippen molar-refractivity contribution in [1.29, 1.82) is 0 Å². The van der Waals surface area contributed by atoms with Gasteiger partial charge >= 0.3 is 0 Å². The second kappa shape index (κ2) is 13.2. The van der Waals surface area contributed by atoms with Crippen LogP contribution < -0.4 is 16.1 Å². The van der Waals surface area contributed by atoms with E-state index in [1.54, 1.807) is 5.48 Å². The number of nitrogens with one attached hydrogen (secondary N) is 3. The third kappa shape index (κ3) is 7.51. The molecule has 0 saturated carbocycles. The summed E-state index contributed by atoms with van der Waals surface area (Å²) in [6.45, 7) is 0.328. The van der Waals surface area contributed by atoms with E-state index in [1.165, 1.54) is 0 Å². The molecule has 2 atom stereocenters. The molecule has 0 fully saturated rings. The van der Waals surface area contributed by atoms with Crippen LogP contribution in [0.1, 0.15) is 23.1 Å². The molecule has 0 spiro atoms. The van der Waals surface area contributed by atoms with E-state index in [-0.39, 0.29) is 18.7 Å². The lowest BCUT2D eigenvalue weighted by Crippen LogP contribution is -2.50. The minimum Gasteiger partial charge on any atom is -0.350 e. The quantitative estimate of drug-likeness (QED) is 0.181. The topological polar surface area (TPSA) is 108 Å². The molecular weight excluding hydrogens is 478 g/mol. The first-order chi connectivity index (χ1) is 18.5. The number of hydrogen-bond acceptors (Lipinski definition) is 4. The first-order valence-electron chi connectivity index (χ1n) is 12.6. The molecule has 0 radical (unpaired) electrons. The van der Waals surface area contributed by atoms with Gasteiger partial charge in [-0.2, -0.15) is 0 Å². The monoisotopic (exact) mass is 509 g/mol. The fourth-order valence-corrected chi connectivity index (χ4v) is 4.43. The number of carbonyl (C=O) groups is 3. The van der Waals surface area contributed by atoms with Crippen molar-refractivity contribution in [1.82, 2.24) is 16.1 Å². The summed E-state index contributed by atoms with van der Waals surface area (Å²) < 4.78 is 0. The molecule has 3 amide bonds. The van der Waals surface area contributed by atoms with Gasteiger partial charge in [0.25, 0.3) is 0 Å². The molecule has 194 valence electrons. The standard InChI is InChI=1S/C31H31N3O4/c35-29(34-38)20-27(18-24-15-16-25-13-7-8-14-26(25)17-24)30(36)33-28(19-22-9-3-1-4-10-22)31(37)32-21-23-11-5-2-6-12-23/h1-17,27-28,38H,18-21H2,(H,32,37)(H,33,36)(H,34,35)/t27-,28+/m1/s1. The van der Waals surface area contributed by atoms with Crippen LogP contribution in [0.2, 0.25) is 0 Å². The van der Waals surface area contributed by atoms with Gasteiger partial charge in [-0.15, -0.1) is 0 Å². The number of rotatable bonds is 11. The normalized spacial score (nSPS) is 12.3. The van der Waals surface area contributed by atoms with Crippen molar-refractivity contribution in [2.24, 2.45) is 5.92 Å². The van der Waals surface area contributed by atoms with Crippen LogP contribution >= 0.6 is 0 Å². The molecule has 0 aliphatic carbocycles. The average molecular weight is 510 g/mol. The van der Waals surface area contributed by atoms with Crippen LogP contribution in [0.5, 0.6) is 0 Å².